The number of benzene rings is 1. The number of methoxy groups -OCH3 is 1. The molecule has 0 amide bonds. The van der Waals surface area contributed by atoms with Gasteiger partial charge in [0.1, 0.15) is 10.7 Å². The number of nitrogens with one attached hydrogen (secondary N) is 2. The Morgan fingerprint density at radius 1 is 1.29 bits per heavy atom. The molecule has 120 valence electrons. The van der Waals surface area contributed by atoms with Crippen LogP contribution in [0, 0.1) is 11.6 Å². The van der Waals surface area contributed by atoms with E-state index in [1.54, 1.807) is 13.8 Å². The van der Waals surface area contributed by atoms with Crippen LogP contribution in [0.5, 0.6) is 0 Å². The molecule has 0 bridgehead atoms. The van der Waals surface area contributed by atoms with Crippen molar-refractivity contribution in [2.45, 2.75) is 30.9 Å². The van der Waals surface area contributed by atoms with Gasteiger partial charge in [-0.3, -0.25) is 0 Å². The molecule has 21 heavy (non-hydrogen) atoms. The predicted octanol–water partition coefficient (Wildman–Crippen LogP) is 1.39. The Kier molecular flexibility index (Phi) is 5.80. The highest BCUT2D eigenvalue weighted by molar-refractivity contribution is 7.89. The topological polar surface area (TPSA) is 67.4 Å². The lowest BCUT2D eigenvalue weighted by molar-refractivity contribution is 0.0276. The Hall–Kier alpha value is -1.09. The number of halogens is 2. The monoisotopic (exact) mass is 322 g/mol. The Morgan fingerprint density at radius 3 is 2.43 bits per heavy atom. The fourth-order valence-corrected chi connectivity index (χ4v) is 2.84. The maximum absolute atomic E-state index is 14.2. The number of hydrogen-bond acceptors (Lipinski definition) is 4. The lowest BCUT2D eigenvalue weighted by Crippen LogP contribution is -2.40. The molecular formula is C13H20F2N2O3S. The van der Waals surface area contributed by atoms with Crippen LogP contribution >= 0.6 is 0 Å². The maximum atomic E-state index is 14.2. The Bertz CT molecular complexity index is 604. The molecule has 0 unspecified atom stereocenters. The van der Waals surface area contributed by atoms with Gasteiger partial charge in [0.25, 0.3) is 0 Å². The normalized spacial score (nSPS) is 12.7. The third-order valence-electron chi connectivity index (χ3n) is 3.03. The number of hydrogen-bond donors (Lipinski definition) is 2. The molecule has 5 nitrogen and oxygen atoms in total. The van der Waals surface area contributed by atoms with Crippen molar-refractivity contribution in [1.29, 1.82) is 0 Å². The first-order chi connectivity index (χ1) is 9.64. The second kappa shape index (κ2) is 6.78. The molecule has 0 saturated heterocycles. The van der Waals surface area contributed by atoms with Gasteiger partial charge >= 0.3 is 0 Å². The molecule has 0 radical (unpaired) electrons. The molecule has 0 aliphatic rings. The molecule has 1 aromatic rings. The van der Waals surface area contributed by atoms with Gasteiger partial charge in [-0.15, -0.1) is 0 Å². The van der Waals surface area contributed by atoms with Gasteiger partial charge in [-0.25, -0.2) is 21.9 Å². The smallest absolute Gasteiger partial charge is 0.243 e. The molecule has 0 atom stereocenters. The number of rotatable bonds is 7. The molecule has 2 N–H and O–H groups in total. The first-order valence-electron chi connectivity index (χ1n) is 6.31. The Morgan fingerprint density at radius 2 is 1.90 bits per heavy atom. The molecular weight excluding hydrogens is 302 g/mol. The van der Waals surface area contributed by atoms with Crippen molar-refractivity contribution in [1.82, 2.24) is 10.0 Å². The van der Waals surface area contributed by atoms with E-state index < -0.39 is 32.2 Å². The molecule has 0 aliphatic heterocycles. The van der Waals surface area contributed by atoms with E-state index in [2.05, 4.69) is 10.0 Å². The summed E-state index contributed by atoms with van der Waals surface area (Å²) >= 11 is 0. The maximum Gasteiger partial charge on any atom is 0.243 e. The predicted molar refractivity (Wildman–Crippen MR) is 75.4 cm³/mol. The van der Waals surface area contributed by atoms with Gasteiger partial charge in [0.2, 0.25) is 10.0 Å². The van der Waals surface area contributed by atoms with E-state index in [1.165, 1.54) is 14.2 Å². The molecule has 1 aromatic carbocycles. The molecule has 1 rings (SSSR count). The minimum atomic E-state index is -4.09. The van der Waals surface area contributed by atoms with Crippen LogP contribution in [0.3, 0.4) is 0 Å². The van der Waals surface area contributed by atoms with E-state index in [4.69, 9.17) is 4.74 Å². The van der Waals surface area contributed by atoms with E-state index in [1.807, 2.05) is 0 Å². The number of sulfonamides is 1. The third-order valence-corrected chi connectivity index (χ3v) is 4.45. The highest BCUT2D eigenvalue weighted by atomic mass is 32.2. The van der Waals surface area contributed by atoms with Crippen LogP contribution in [0.2, 0.25) is 0 Å². The van der Waals surface area contributed by atoms with Gasteiger partial charge in [-0.05, 0) is 33.0 Å². The average molecular weight is 322 g/mol. The molecule has 0 fully saturated rings. The fraction of sp³-hybridized carbons (Fsp3) is 0.538. The van der Waals surface area contributed by atoms with Crippen LogP contribution in [-0.2, 0) is 21.3 Å². The largest absolute Gasteiger partial charge is 0.377 e. The van der Waals surface area contributed by atoms with E-state index in [0.717, 1.165) is 12.1 Å². The quantitative estimate of drug-likeness (QED) is 0.796. The van der Waals surface area contributed by atoms with Gasteiger partial charge in [0.15, 0.2) is 5.82 Å². The zero-order valence-corrected chi connectivity index (χ0v) is 13.3. The molecule has 0 spiro atoms. The van der Waals surface area contributed by atoms with Crippen molar-refractivity contribution in [2.24, 2.45) is 0 Å². The first kappa shape index (κ1) is 18.0. The Balaban J connectivity index is 3.12. The average Bonchev–Trinajstić information content (AvgIpc) is 2.41. The van der Waals surface area contributed by atoms with Gasteiger partial charge in [-0.2, -0.15) is 0 Å². The molecule has 0 heterocycles. The van der Waals surface area contributed by atoms with Crippen molar-refractivity contribution in [3.05, 3.63) is 29.3 Å². The van der Waals surface area contributed by atoms with Crippen molar-refractivity contribution >= 4 is 10.0 Å². The molecule has 0 saturated carbocycles. The Labute approximate surface area is 123 Å². The lowest BCUT2D eigenvalue weighted by Gasteiger charge is -2.23. The summed E-state index contributed by atoms with van der Waals surface area (Å²) in [5.41, 5.74) is -1.05. The van der Waals surface area contributed by atoms with Crippen molar-refractivity contribution in [3.63, 3.8) is 0 Å². The number of ether oxygens (including phenoxy) is 1. The van der Waals surface area contributed by atoms with Crippen LogP contribution in [0.15, 0.2) is 17.0 Å². The molecule has 0 aromatic heterocycles. The highest BCUT2D eigenvalue weighted by Gasteiger charge is 2.26. The SMILES string of the molecule is CNCc1c(F)ccc(S(=O)(=O)NCC(C)(C)OC)c1F. The second-order valence-corrected chi connectivity index (χ2v) is 6.89. The first-order valence-corrected chi connectivity index (χ1v) is 7.79. The fourth-order valence-electron chi connectivity index (χ4n) is 1.54. The van der Waals surface area contributed by atoms with E-state index in [-0.39, 0.29) is 18.7 Å². The lowest BCUT2D eigenvalue weighted by atomic mass is 10.1. The van der Waals surface area contributed by atoms with E-state index in [0.29, 0.717) is 0 Å². The minimum Gasteiger partial charge on any atom is -0.377 e. The van der Waals surface area contributed by atoms with Gasteiger partial charge in [-0.1, -0.05) is 0 Å². The van der Waals surface area contributed by atoms with Crippen LogP contribution < -0.4 is 10.0 Å². The summed E-state index contributed by atoms with van der Waals surface area (Å²) in [5.74, 6) is -1.88. The summed E-state index contributed by atoms with van der Waals surface area (Å²) < 4.78 is 59.3. The summed E-state index contributed by atoms with van der Waals surface area (Å²) in [6.07, 6.45) is 0. The molecule has 0 aliphatic carbocycles. The van der Waals surface area contributed by atoms with Crippen LogP contribution in [0.1, 0.15) is 19.4 Å². The van der Waals surface area contributed by atoms with Crippen molar-refractivity contribution in [2.75, 3.05) is 20.7 Å². The summed E-state index contributed by atoms with van der Waals surface area (Å²) in [7, 11) is -1.14. The van der Waals surface area contributed by atoms with E-state index >= 15 is 0 Å². The third kappa shape index (κ3) is 4.44. The standard InChI is InChI=1S/C13H20F2N2O3S/c1-13(2,20-4)8-17-21(18,19)11-6-5-10(14)9(7-16-3)12(11)15/h5-6,16-17H,7-8H2,1-4H3. The van der Waals surface area contributed by atoms with Crippen molar-refractivity contribution in [3.8, 4) is 0 Å². The highest BCUT2D eigenvalue weighted by Crippen LogP contribution is 2.21. The van der Waals surface area contributed by atoms with Crippen LogP contribution in [0.4, 0.5) is 8.78 Å². The molecule has 8 heteroatoms. The zero-order chi connectivity index (χ0) is 16.3. The van der Waals surface area contributed by atoms with Crippen LogP contribution in [0.25, 0.3) is 0 Å². The second-order valence-electron chi connectivity index (χ2n) is 5.16. The summed E-state index contributed by atoms with van der Waals surface area (Å²) in [6, 6.07) is 1.84. The summed E-state index contributed by atoms with van der Waals surface area (Å²) in [5, 5.41) is 2.59. The van der Waals surface area contributed by atoms with Crippen LogP contribution in [-0.4, -0.2) is 34.7 Å². The van der Waals surface area contributed by atoms with Gasteiger partial charge in [0, 0.05) is 25.8 Å². The zero-order valence-electron chi connectivity index (χ0n) is 12.5. The minimum absolute atomic E-state index is 0.0377. The van der Waals surface area contributed by atoms with Gasteiger partial charge < -0.3 is 10.1 Å². The summed E-state index contributed by atoms with van der Waals surface area (Å²) in [4.78, 5) is -0.582. The van der Waals surface area contributed by atoms with Gasteiger partial charge in [0.05, 0.1) is 5.60 Å². The van der Waals surface area contributed by atoms with Crippen molar-refractivity contribution < 1.29 is 21.9 Å². The van der Waals surface area contributed by atoms with E-state index in [9.17, 15) is 17.2 Å². The summed E-state index contributed by atoms with van der Waals surface area (Å²) in [6.45, 7) is 3.22.